The molecular formula is C26H40F3N3O5S. The Hall–Kier alpha value is -2.05. The molecule has 0 aromatic heterocycles. The van der Waals surface area contributed by atoms with Gasteiger partial charge in [0.2, 0.25) is 10.0 Å². The number of benzene rings is 1. The maximum Gasteiger partial charge on any atom is 0.404 e. The number of hydrogen-bond donors (Lipinski definition) is 1. The Morgan fingerprint density at radius 2 is 1.82 bits per heavy atom. The molecular weight excluding hydrogens is 523 g/mol. The predicted octanol–water partition coefficient (Wildman–Crippen LogP) is 4.38. The zero-order valence-electron chi connectivity index (χ0n) is 22.6. The van der Waals surface area contributed by atoms with Gasteiger partial charge in [0.1, 0.15) is 12.4 Å². The number of fused-ring (bicyclic) bond motifs is 1. The first-order chi connectivity index (χ1) is 17.8. The van der Waals surface area contributed by atoms with Gasteiger partial charge in [-0.15, -0.1) is 0 Å². The minimum absolute atomic E-state index is 0.0254. The molecule has 3 rings (SSSR count). The summed E-state index contributed by atoms with van der Waals surface area (Å²) in [6.45, 7) is 6.40. The molecule has 1 saturated carbocycles. The predicted molar refractivity (Wildman–Crippen MR) is 140 cm³/mol. The first-order valence-electron chi connectivity index (χ1n) is 13.1. The molecule has 1 aliphatic carbocycles. The van der Waals surface area contributed by atoms with Crippen LogP contribution in [0.3, 0.4) is 0 Å². The van der Waals surface area contributed by atoms with Crippen LogP contribution in [0.1, 0.15) is 56.3 Å². The van der Waals surface area contributed by atoms with Gasteiger partial charge >= 0.3 is 6.18 Å². The molecule has 38 heavy (non-hydrogen) atoms. The van der Waals surface area contributed by atoms with E-state index in [0.717, 1.165) is 13.1 Å². The van der Waals surface area contributed by atoms with Gasteiger partial charge in [-0.2, -0.15) is 13.2 Å². The number of nitrogens with one attached hydrogen (secondary N) is 1. The van der Waals surface area contributed by atoms with E-state index in [2.05, 4.69) is 11.8 Å². The highest BCUT2D eigenvalue weighted by molar-refractivity contribution is 7.92. The van der Waals surface area contributed by atoms with Crippen LogP contribution in [-0.4, -0.2) is 88.6 Å². The van der Waals surface area contributed by atoms with Gasteiger partial charge < -0.3 is 14.4 Å². The van der Waals surface area contributed by atoms with Crippen LogP contribution in [0, 0.1) is 11.8 Å². The largest absolute Gasteiger partial charge is 0.491 e. The van der Waals surface area contributed by atoms with Gasteiger partial charge in [-0.3, -0.25) is 14.4 Å². The summed E-state index contributed by atoms with van der Waals surface area (Å²) < 4.78 is 76.0. The van der Waals surface area contributed by atoms with Crippen LogP contribution in [0.25, 0.3) is 0 Å². The number of sulfonamides is 1. The highest BCUT2D eigenvalue weighted by atomic mass is 32.2. The van der Waals surface area contributed by atoms with E-state index in [1.54, 1.807) is 14.2 Å². The minimum atomic E-state index is -4.89. The number of anilines is 1. The van der Waals surface area contributed by atoms with Crippen molar-refractivity contribution < 1.29 is 35.9 Å². The van der Waals surface area contributed by atoms with Gasteiger partial charge in [-0.25, -0.2) is 8.42 Å². The molecule has 8 nitrogen and oxygen atoms in total. The van der Waals surface area contributed by atoms with Crippen LogP contribution in [0.15, 0.2) is 18.2 Å². The third kappa shape index (κ3) is 8.74. The van der Waals surface area contributed by atoms with Crippen molar-refractivity contribution in [2.45, 2.75) is 64.3 Å². The molecule has 0 spiro atoms. The van der Waals surface area contributed by atoms with E-state index in [4.69, 9.17) is 9.47 Å². The summed E-state index contributed by atoms with van der Waals surface area (Å²) in [4.78, 5) is 17.2. The number of methoxy groups -OCH3 is 1. The first kappa shape index (κ1) is 30.5. The first-order valence-corrected chi connectivity index (χ1v) is 14.8. The Morgan fingerprint density at radius 1 is 1.13 bits per heavy atom. The third-order valence-electron chi connectivity index (χ3n) is 7.42. The molecule has 1 fully saturated rings. The number of hydrogen-bond acceptors (Lipinski definition) is 6. The van der Waals surface area contributed by atoms with Crippen molar-refractivity contribution in [2.75, 3.05) is 50.9 Å². The fraction of sp³-hybridized carbons (Fsp3) is 0.731. The van der Waals surface area contributed by atoms with Crippen LogP contribution in [0.2, 0.25) is 0 Å². The Kier molecular flexibility index (Phi) is 10.3. The summed E-state index contributed by atoms with van der Waals surface area (Å²) in [5, 5.41) is 0. The van der Waals surface area contributed by atoms with Gasteiger partial charge in [0.25, 0.3) is 5.91 Å². The number of nitrogens with zero attached hydrogens (tertiary/aromatic N) is 2. The van der Waals surface area contributed by atoms with Gasteiger partial charge in [0.05, 0.1) is 17.4 Å². The van der Waals surface area contributed by atoms with Crippen molar-refractivity contribution in [3.05, 3.63) is 23.8 Å². The summed E-state index contributed by atoms with van der Waals surface area (Å²) >= 11 is 0. The van der Waals surface area contributed by atoms with Crippen LogP contribution >= 0.6 is 0 Å². The number of alkyl halides is 3. The lowest BCUT2D eigenvalue weighted by Gasteiger charge is -2.38. The van der Waals surface area contributed by atoms with E-state index < -0.39 is 22.0 Å². The SMILES string of the molecule is CO[C@H]1CN(C)C(=O)c2ccc(NS(=O)(=O)CC(F)(F)F)cc2OC[C@H](C)N(CC2CCCCC2)C[C@@H]1C. The number of halogens is 3. The standard InChI is InChI=1S/C26H40F3N3O5S/c1-18-13-32(14-20-8-6-5-7-9-20)19(2)16-37-23-12-21(30-38(34,35)17-26(27,28)29)10-11-22(23)25(33)31(3)15-24(18)36-4/h10-12,18-20,24,30H,5-9,13-17H2,1-4H3/t18-,19-,24-/m0/s1. The number of ether oxygens (including phenoxy) is 2. The second-order valence-corrected chi connectivity index (χ2v) is 12.5. The molecule has 1 amide bonds. The van der Waals surface area contributed by atoms with E-state index >= 15 is 0 Å². The van der Waals surface area contributed by atoms with Crippen LogP contribution in [0.5, 0.6) is 5.75 Å². The van der Waals surface area contributed by atoms with Crippen molar-refractivity contribution in [2.24, 2.45) is 11.8 Å². The summed E-state index contributed by atoms with van der Waals surface area (Å²) in [5.74, 6) is -1.51. The van der Waals surface area contributed by atoms with Crippen LogP contribution in [-0.2, 0) is 14.8 Å². The Labute approximate surface area is 223 Å². The molecule has 1 aromatic rings. The monoisotopic (exact) mass is 563 g/mol. The summed E-state index contributed by atoms with van der Waals surface area (Å²) in [6.07, 6.45) is 1.01. The lowest BCUT2D eigenvalue weighted by Crippen LogP contribution is -2.48. The second-order valence-electron chi connectivity index (χ2n) is 10.7. The van der Waals surface area contributed by atoms with Crippen molar-refractivity contribution >= 4 is 21.6 Å². The van der Waals surface area contributed by atoms with Gasteiger partial charge in [0.15, 0.2) is 5.75 Å². The van der Waals surface area contributed by atoms with Crippen molar-refractivity contribution in [3.63, 3.8) is 0 Å². The van der Waals surface area contributed by atoms with Gasteiger partial charge in [0, 0.05) is 45.9 Å². The molecule has 0 radical (unpaired) electrons. The molecule has 1 aliphatic heterocycles. The number of rotatable bonds is 6. The Morgan fingerprint density at radius 3 is 2.45 bits per heavy atom. The Balaban J connectivity index is 1.90. The maximum absolute atomic E-state index is 13.3. The smallest absolute Gasteiger partial charge is 0.404 e. The van der Waals surface area contributed by atoms with E-state index in [-0.39, 0.29) is 47.6 Å². The number of amides is 1. The highest BCUT2D eigenvalue weighted by Crippen LogP contribution is 2.30. The van der Waals surface area contributed by atoms with Crippen molar-refractivity contribution in [1.29, 1.82) is 0 Å². The van der Waals surface area contributed by atoms with Crippen LogP contribution < -0.4 is 9.46 Å². The summed E-state index contributed by atoms with van der Waals surface area (Å²) in [5.41, 5.74) is 0.0889. The van der Waals surface area contributed by atoms with E-state index in [9.17, 15) is 26.4 Å². The van der Waals surface area contributed by atoms with Gasteiger partial charge in [-0.1, -0.05) is 26.2 Å². The highest BCUT2D eigenvalue weighted by Gasteiger charge is 2.35. The zero-order valence-corrected chi connectivity index (χ0v) is 23.4. The summed E-state index contributed by atoms with van der Waals surface area (Å²) in [6, 6.07) is 3.89. The van der Waals surface area contributed by atoms with Crippen molar-refractivity contribution in [1.82, 2.24) is 9.80 Å². The lowest BCUT2D eigenvalue weighted by atomic mass is 9.88. The average Bonchev–Trinajstić information content (AvgIpc) is 2.83. The number of likely N-dealkylation sites (N-methyl/N-ethyl adjacent to an activating group) is 1. The molecule has 1 aromatic carbocycles. The molecule has 0 bridgehead atoms. The number of carbonyl (C=O) groups excluding carboxylic acids is 1. The molecule has 3 atom stereocenters. The quantitative estimate of drug-likeness (QED) is 0.553. The molecule has 1 heterocycles. The van der Waals surface area contributed by atoms with Crippen LogP contribution in [0.4, 0.5) is 18.9 Å². The molecule has 1 N–H and O–H groups in total. The molecule has 0 saturated heterocycles. The lowest BCUT2D eigenvalue weighted by molar-refractivity contribution is -0.106. The van der Waals surface area contributed by atoms with Crippen molar-refractivity contribution in [3.8, 4) is 5.75 Å². The second kappa shape index (κ2) is 12.9. The average molecular weight is 564 g/mol. The normalized spacial score (nSPS) is 25.2. The topological polar surface area (TPSA) is 88.2 Å². The number of carbonyl (C=O) groups is 1. The Bertz CT molecular complexity index is 1050. The third-order valence-corrected chi connectivity index (χ3v) is 8.67. The van der Waals surface area contributed by atoms with E-state index in [1.807, 2.05) is 11.6 Å². The molecule has 216 valence electrons. The van der Waals surface area contributed by atoms with E-state index in [0.29, 0.717) is 12.5 Å². The fourth-order valence-electron chi connectivity index (χ4n) is 5.30. The summed E-state index contributed by atoms with van der Waals surface area (Å²) in [7, 11) is -1.40. The zero-order chi connectivity index (χ0) is 28.1. The minimum Gasteiger partial charge on any atom is -0.491 e. The molecule has 2 aliphatic rings. The maximum atomic E-state index is 13.3. The van der Waals surface area contributed by atoms with Gasteiger partial charge in [-0.05, 0) is 43.7 Å². The molecule has 0 unspecified atom stereocenters. The van der Waals surface area contributed by atoms with E-state index in [1.165, 1.54) is 55.2 Å². The molecule has 12 heteroatoms. The fourth-order valence-corrected chi connectivity index (χ4v) is 6.29.